The smallest absolute Gasteiger partial charge is 0.337 e. The summed E-state index contributed by atoms with van der Waals surface area (Å²) < 4.78 is 0. The summed E-state index contributed by atoms with van der Waals surface area (Å²) in [6.45, 7) is 0.213. The van der Waals surface area contributed by atoms with E-state index in [2.05, 4.69) is 5.32 Å². The van der Waals surface area contributed by atoms with Gasteiger partial charge in [0.15, 0.2) is 11.5 Å². The minimum Gasteiger partial charge on any atom is -0.504 e. The van der Waals surface area contributed by atoms with Gasteiger partial charge in [0, 0.05) is 17.8 Å². The van der Waals surface area contributed by atoms with Crippen LogP contribution in [0.1, 0.15) is 15.9 Å². The quantitative estimate of drug-likeness (QED) is 0.633. The Hall–Kier alpha value is -2.69. The topological polar surface area (TPSA) is 89.8 Å². The van der Waals surface area contributed by atoms with E-state index in [-0.39, 0.29) is 23.6 Å². The molecule has 0 aliphatic heterocycles. The van der Waals surface area contributed by atoms with Crippen LogP contribution in [0.4, 0.5) is 5.69 Å². The van der Waals surface area contributed by atoms with Crippen molar-refractivity contribution in [3.63, 3.8) is 0 Å². The third kappa shape index (κ3) is 2.77. The number of hydrogen-bond acceptors (Lipinski definition) is 4. The van der Waals surface area contributed by atoms with Gasteiger partial charge in [0.1, 0.15) is 0 Å². The van der Waals surface area contributed by atoms with E-state index in [4.69, 9.17) is 5.11 Å². The molecule has 0 aliphatic rings. The molecule has 0 amide bonds. The maximum atomic E-state index is 11.0. The molecule has 0 radical (unpaired) electrons. The predicted octanol–water partition coefficient (Wildman–Crippen LogP) is 2.41. The fourth-order valence-corrected chi connectivity index (χ4v) is 1.73. The van der Waals surface area contributed by atoms with Crippen LogP contribution in [0.3, 0.4) is 0 Å². The minimum absolute atomic E-state index is 0.155. The van der Waals surface area contributed by atoms with Crippen LogP contribution in [0.25, 0.3) is 0 Å². The van der Waals surface area contributed by atoms with E-state index in [1.165, 1.54) is 12.1 Å². The number of carboxylic acids is 1. The van der Waals surface area contributed by atoms with Gasteiger partial charge in [-0.1, -0.05) is 24.3 Å². The molecule has 2 rings (SSSR count). The highest BCUT2D eigenvalue weighted by Crippen LogP contribution is 2.29. The molecule has 0 unspecified atom stereocenters. The van der Waals surface area contributed by atoms with Gasteiger partial charge < -0.3 is 20.6 Å². The Morgan fingerprint density at radius 3 is 2.53 bits per heavy atom. The Morgan fingerprint density at radius 2 is 1.79 bits per heavy atom. The van der Waals surface area contributed by atoms with Crippen molar-refractivity contribution < 1.29 is 20.1 Å². The maximum Gasteiger partial charge on any atom is 0.337 e. The lowest BCUT2D eigenvalue weighted by Crippen LogP contribution is -2.06. The van der Waals surface area contributed by atoms with Gasteiger partial charge in [-0.3, -0.25) is 0 Å². The Balaban J connectivity index is 2.19. The summed E-state index contributed by atoms with van der Waals surface area (Å²) in [5.74, 6) is -1.43. The summed E-state index contributed by atoms with van der Waals surface area (Å²) in [5.41, 5.74) is 1.10. The molecule has 5 nitrogen and oxygen atoms in total. The van der Waals surface area contributed by atoms with E-state index in [1.807, 2.05) is 0 Å². The maximum absolute atomic E-state index is 11.0. The largest absolute Gasteiger partial charge is 0.504 e. The first-order chi connectivity index (χ1) is 9.09. The fourth-order valence-electron chi connectivity index (χ4n) is 1.73. The zero-order chi connectivity index (χ0) is 13.8. The molecule has 0 saturated heterocycles. The van der Waals surface area contributed by atoms with E-state index >= 15 is 0 Å². The summed E-state index contributed by atoms with van der Waals surface area (Å²) in [4.78, 5) is 11.0. The molecule has 2 aromatic rings. The van der Waals surface area contributed by atoms with Gasteiger partial charge in [0.2, 0.25) is 0 Å². The molecule has 0 fully saturated rings. The van der Waals surface area contributed by atoms with Crippen molar-refractivity contribution in [2.24, 2.45) is 0 Å². The molecule has 0 aromatic heterocycles. The molecule has 98 valence electrons. The summed E-state index contributed by atoms with van der Waals surface area (Å²) >= 11 is 0. The van der Waals surface area contributed by atoms with Crippen molar-refractivity contribution in [2.45, 2.75) is 6.54 Å². The van der Waals surface area contributed by atoms with E-state index in [9.17, 15) is 15.0 Å². The molecule has 0 aliphatic carbocycles. The number of carbonyl (C=O) groups is 1. The summed E-state index contributed by atoms with van der Waals surface area (Å²) in [5, 5.41) is 31.0. The van der Waals surface area contributed by atoms with E-state index < -0.39 is 5.97 Å². The zero-order valence-corrected chi connectivity index (χ0v) is 10.00. The lowest BCUT2D eigenvalue weighted by atomic mass is 10.1. The van der Waals surface area contributed by atoms with Crippen LogP contribution in [0.2, 0.25) is 0 Å². The molecular weight excluding hydrogens is 246 g/mol. The minimum atomic E-state index is -1.02. The van der Waals surface area contributed by atoms with Gasteiger partial charge in [-0.2, -0.15) is 0 Å². The molecule has 19 heavy (non-hydrogen) atoms. The van der Waals surface area contributed by atoms with Crippen molar-refractivity contribution in [3.05, 3.63) is 53.6 Å². The number of carboxylic acid groups (broad SMARTS) is 1. The summed E-state index contributed by atoms with van der Waals surface area (Å²) in [7, 11) is 0. The number of benzene rings is 2. The van der Waals surface area contributed by atoms with Crippen molar-refractivity contribution in [3.8, 4) is 11.5 Å². The molecule has 4 N–H and O–H groups in total. The SMILES string of the molecule is O=C(O)c1ccccc1NCc1cccc(O)c1O. The lowest BCUT2D eigenvalue weighted by molar-refractivity contribution is 0.0698. The van der Waals surface area contributed by atoms with Gasteiger partial charge in [0.05, 0.1) is 5.56 Å². The van der Waals surface area contributed by atoms with Crippen molar-refractivity contribution in [1.82, 2.24) is 0 Å². The third-order valence-corrected chi connectivity index (χ3v) is 2.73. The third-order valence-electron chi connectivity index (χ3n) is 2.73. The number of nitrogens with one attached hydrogen (secondary N) is 1. The van der Waals surface area contributed by atoms with Crippen molar-refractivity contribution >= 4 is 11.7 Å². The van der Waals surface area contributed by atoms with Gasteiger partial charge in [0.25, 0.3) is 0 Å². The number of rotatable bonds is 4. The van der Waals surface area contributed by atoms with Crippen LogP contribution in [0, 0.1) is 0 Å². The Bertz CT molecular complexity index is 610. The monoisotopic (exact) mass is 259 g/mol. The summed E-state index contributed by atoms with van der Waals surface area (Å²) in [6.07, 6.45) is 0. The highest BCUT2D eigenvalue weighted by atomic mass is 16.4. The number of para-hydroxylation sites is 2. The van der Waals surface area contributed by atoms with E-state index in [0.29, 0.717) is 11.3 Å². The highest BCUT2D eigenvalue weighted by Gasteiger charge is 2.10. The number of aromatic hydroxyl groups is 2. The molecule has 0 spiro atoms. The number of phenolic OH excluding ortho intramolecular Hbond substituents is 2. The molecule has 0 atom stereocenters. The second-order valence-corrected chi connectivity index (χ2v) is 3.99. The van der Waals surface area contributed by atoms with Crippen LogP contribution in [0.15, 0.2) is 42.5 Å². The Kier molecular flexibility index (Phi) is 3.56. The second-order valence-electron chi connectivity index (χ2n) is 3.99. The molecule has 0 heterocycles. The van der Waals surface area contributed by atoms with Crippen LogP contribution in [-0.4, -0.2) is 21.3 Å². The second kappa shape index (κ2) is 5.30. The van der Waals surface area contributed by atoms with Gasteiger partial charge >= 0.3 is 5.97 Å². The number of hydrogen-bond donors (Lipinski definition) is 4. The Morgan fingerprint density at radius 1 is 1.05 bits per heavy atom. The first-order valence-corrected chi connectivity index (χ1v) is 5.65. The van der Waals surface area contributed by atoms with Crippen molar-refractivity contribution in [2.75, 3.05) is 5.32 Å². The van der Waals surface area contributed by atoms with Crippen LogP contribution in [0.5, 0.6) is 11.5 Å². The predicted molar refractivity (Wildman–Crippen MR) is 70.5 cm³/mol. The average Bonchev–Trinajstić information content (AvgIpc) is 2.40. The molecule has 5 heteroatoms. The molecule has 2 aromatic carbocycles. The van der Waals surface area contributed by atoms with Gasteiger partial charge in [-0.15, -0.1) is 0 Å². The zero-order valence-electron chi connectivity index (χ0n) is 10.00. The highest BCUT2D eigenvalue weighted by molar-refractivity contribution is 5.94. The average molecular weight is 259 g/mol. The molecule has 0 saturated carbocycles. The molecule has 0 bridgehead atoms. The van der Waals surface area contributed by atoms with E-state index in [0.717, 1.165) is 0 Å². The number of aromatic carboxylic acids is 1. The first-order valence-electron chi connectivity index (χ1n) is 5.65. The number of anilines is 1. The van der Waals surface area contributed by atoms with Crippen LogP contribution in [-0.2, 0) is 6.54 Å². The van der Waals surface area contributed by atoms with Crippen molar-refractivity contribution in [1.29, 1.82) is 0 Å². The summed E-state index contributed by atoms with van der Waals surface area (Å²) in [6, 6.07) is 11.1. The van der Waals surface area contributed by atoms with Gasteiger partial charge in [-0.05, 0) is 18.2 Å². The van der Waals surface area contributed by atoms with Crippen LogP contribution < -0.4 is 5.32 Å². The van der Waals surface area contributed by atoms with Crippen LogP contribution >= 0.6 is 0 Å². The number of phenols is 2. The fraction of sp³-hybridized carbons (Fsp3) is 0.0714. The Labute approximate surface area is 109 Å². The lowest BCUT2D eigenvalue weighted by Gasteiger charge is -2.11. The standard InChI is InChI=1S/C14H13NO4/c16-12-7-3-4-9(13(12)17)8-15-11-6-2-1-5-10(11)14(18)19/h1-7,15-17H,8H2,(H,18,19). The normalized spacial score (nSPS) is 10.1. The van der Waals surface area contributed by atoms with E-state index in [1.54, 1.807) is 30.3 Å². The molecular formula is C14H13NO4. The first kappa shape index (κ1) is 12.8. The van der Waals surface area contributed by atoms with Gasteiger partial charge in [-0.25, -0.2) is 4.79 Å².